The number of aliphatic hydroxyl groups is 1. The summed E-state index contributed by atoms with van der Waals surface area (Å²) in [5.74, 6) is 0.985. The number of nitrogens with zero attached hydrogens (tertiary/aromatic N) is 2. The Kier molecular flexibility index (Phi) is 4.77. The maximum absolute atomic E-state index is 9.17. The van der Waals surface area contributed by atoms with E-state index in [0.717, 1.165) is 18.4 Å². The third kappa shape index (κ3) is 3.91. The molecule has 2 N–H and O–H groups in total. The quantitative estimate of drug-likeness (QED) is 0.788. The van der Waals surface area contributed by atoms with Crippen LogP contribution in [0.5, 0.6) is 0 Å². The first-order chi connectivity index (χ1) is 9.11. The lowest BCUT2D eigenvalue weighted by molar-refractivity contribution is 0.298. The first kappa shape index (κ1) is 14.3. The molecule has 19 heavy (non-hydrogen) atoms. The summed E-state index contributed by atoms with van der Waals surface area (Å²) in [5, 5.41) is 12.7. The van der Waals surface area contributed by atoms with Gasteiger partial charge in [0.2, 0.25) is 0 Å². The molecule has 4 heteroatoms. The zero-order valence-corrected chi connectivity index (χ0v) is 12.2. The van der Waals surface area contributed by atoms with E-state index < -0.39 is 0 Å². The zero-order chi connectivity index (χ0) is 13.8. The molecule has 0 aliphatic heterocycles. The highest BCUT2D eigenvalue weighted by Crippen LogP contribution is 2.22. The summed E-state index contributed by atoms with van der Waals surface area (Å²) in [5.41, 5.74) is 2.41. The Morgan fingerprint density at radius 3 is 2.74 bits per heavy atom. The molecule has 1 heterocycles. The summed E-state index contributed by atoms with van der Waals surface area (Å²) in [7, 11) is 0. The van der Waals surface area contributed by atoms with Crippen molar-refractivity contribution in [3.8, 4) is 0 Å². The molecular weight excluding hydrogens is 238 g/mol. The summed E-state index contributed by atoms with van der Waals surface area (Å²) in [6.07, 6.45) is 4.56. The van der Waals surface area contributed by atoms with Gasteiger partial charge in [0.25, 0.3) is 0 Å². The summed E-state index contributed by atoms with van der Waals surface area (Å²) >= 11 is 0. The lowest BCUT2D eigenvalue weighted by atomic mass is 10.1. The number of hydrogen-bond acceptors (Lipinski definition) is 4. The van der Waals surface area contributed by atoms with E-state index in [1.165, 1.54) is 24.0 Å². The summed E-state index contributed by atoms with van der Waals surface area (Å²) in [4.78, 5) is 6.74. The van der Waals surface area contributed by atoms with Crippen LogP contribution >= 0.6 is 0 Å². The van der Waals surface area contributed by atoms with E-state index in [1.54, 1.807) is 0 Å². The summed E-state index contributed by atoms with van der Waals surface area (Å²) in [6.45, 7) is 8.03. The molecule has 0 atom stereocenters. The summed E-state index contributed by atoms with van der Waals surface area (Å²) in [6, 6.07) is 3.26. The van der Waals surface area contributed by atoms with Gasteiger partial charge < -0.3 is 15.3 Å². The lowest BCUT2D eigenvalue weighted by Gasteiger charge is -2.28. The Bertz CT molecular complexity index is 416. The van der Waals surface area contributed by atoms with E-state index in [1.807, 2.05) is 6.20 Å². The molecule has 1 aromatic heterocycles. The van der Waals surface area contributed by atoms with Crippen molar-refractivity contribution in [2.45, 2.75) is 52.2 Å². The van der Waals surface area contributed by atoms with Crippen molar-refractivity contribution in [1.29, 1.82) is 0 Å². The average Bonchev–Trinajstić information content (AvgIpc) is 3.18. The Hall–Kier alpha value is -1.13. The second-order valence-corrected chi connectivity index (χ2v) is 5.65. The van der Waals surface area contributed by atoms with Gasteiger partial charge in [-0.1, -0.05) is 0 Å². The molecule has 0 aromatic carbocycles. The van der Waals surface area contributed by atoms with Gasteiger partial charge in [-0.05, 0) is 50.8 Å². The Morgan fingerprint density at radius 2 is 2.21 bits per heavy atom. The second-order valence-electron chi connectivity index (χ2n) is 5.65. The molecule has 0 saturated heterocycles. The maximum atomic E-state index is 9.17. The highest BCUT2D eigenvalue weighted by atomic mass is 16.3. The maximum Gasteiger partial charge on any atom is 0.131 e. The van der Waals surface area contributed by atoms with Crippen LogP contribution in [0.4, 0.5) is 5.82 Å². The predicted octanol–water partition coefficient (Wildman–Crippen LogP) is 1.85. The van der Waals surface area contributed by atoms with Crippen molar-refractivity contribution >= 4 is 5.82 Å². The van der Waals surface area contributed by atoms with Gasteiger partial charge in [0.1, 0.15) is 5.82 Å². The van der Waals surface area contributed by atoms with Gasteiger partial charge in [0, 0.05) is 31.4 Å². The minimum absolute atomic E-state index is 0.157. The number of aryl methyl sites for hydroxylation is 1. The fourth-order valence-corrected chi connectivity index (χ4v) is 2.29. The monoisotopic (exact) mass is 263 g/mol. The Morgan fingerprint density at radius 1 is 1.47 bits per heavy atom. The van der Waals surface area contributed by atoms with Gasteiger partial charge in [-0.25, -0.2) is 4.98 Å². The average molecular weight is 263 g/mol. The molecule has 2 rings (SSSR count). The minimum atomic E-state index is 0.157. The lowest BCUT2D eigenvalue weighted by Crippen LogP contribution is -2.34. The Balaban J connectivity index is 2.07. The van der Waals surface area contributed by atoms with E-state index in [0.29, 0.717) is 12.6 Å². The second kappa shape index (κ2) is 6.35. The van der Waals surface area contributed by atoms with Crippen molar-refractivity contribution in [1.82, 2.24) is 10.3 Å². The number of pyridine rings is 1. The molecule has 4 nitrogen and oxygen atoms in total. The van der Waals surface area contributed by atoms with Crippen LogP contribution in [-0.2, 0) is 6.54 Å². The number of anilines is 1. The molecule has 0 bridgehead atoms. The third-order valence-corrected chi connectivity index (χ3v) is 3.52. The molecule has 1 fully saturated rings. The number of aliphatic hydroxyl groups excluding tert-OH is 1. The summed E-state index contributed by atoms with van der Waals surface area (Å²) < 4.78 is 0. The molecule has 1 aliphatic carbocycles. The van der Waals surface area contributed by atoms with E-state index in [9.17, 15) is 0 Å². The van der Waals surface area contributed by atoms with Crippen LogP contribution in [0.25, 0.3) is 0 Å². The fourth-order valence-electron chi connectivity index (χ4n) is 2.29. The predicted molar refractivity (Wildman–Crippen MR) is 78.4 cm³/mol. The normalized spacial score (nSPS) is 15.0. The van der Waals surface area contributed by atoms with Crippen molar-refractivity contribution in [3.63, 3.8) is 0 Å². The molecule has 0 unspecified atom stereocenters. The highest BCUT2D eigenvalue weighted by molar-refractivity contribution is 5.48. The smallest absolute Gasteiger partial charge is 0.131 e. The molecule has 1 saturated carbocycles. The standard InChI is InChI=1S/C15H25N3O/c1-11(2)18(6-7-19)15-12(3)8-13(10-17-15)9-16-14-4-5-14/h8,10-11,14,16,19H,4-7,9H2,1-3H3. The van der Waals surface area contributed by atoms with Gasteiger partial charge in [-0.2, -0.15) is 0 Å². The van der Waals surface area contributed by atoms with Gasteiger partial charge in [0.15, 0.2) is 0 Å². The molecule has 0 spiro atoms. The van der Waals surface area contributed by atoms with E-state index >= 15 is 0 Å². The largest absolute Gasteiger partial charge is 0.395 e. The minimum Gasteiger partial charge on any atom is -0.395 e. The molecule has 1 aromatic rings. The van der Waals surface area contributed by atoms with Crippen molar-refractivity contribution < 1.29 is 5.11 Å². The number of aromatic nitrogens is 1. The molecular formula is C15H25N3O. The van der Waals surface area contributed by atoms with Gasteiger partial charge in [0.05, 0.1) is 6.61 Å². The third-order valence-electron chi connectivity index (χ3n) is 3.52. The van der Waals surface area contributed by atoms with Crippen molar-refractivity contribution in [2.75, 3.05) is 18.1 Å². The van der Waals surface area contributed by atoms with Gasteiger partial charge in [-0.15, -0.1) is 0 Å². The number of rotatable bonds is 7. The molecule has 106 valence electrons. The van der Waals surface area contributed by atoms with Gasteiger partial charge >= 0.3 is 0 Å². The number of hydrogen-bond donors (Lipinski definition) is 2. The highest BCUT2D eigenvalue weighted by Gasteiger charge is 2.20. The van der Waals surface area contributed by atoms with Crippen LogP contribution in [0.3, 0.4) is 0 Å². The van der Waals surface area contributed by atoms with E-state index in [2.05, 4.69) is 42.0 Å². The zero-order valence-electron chi connectivity index (χ0n) is 12.2. The number of nitrogens with one attached hydrogen (secondary N) is 1. The molecule has 1 aliphatic rings. The first-order valence-electron chi connectivity index (χ1n) is 7.18. The molecule has 0 radical (unpaired) electrons. The van der Waals surface area contributed by atoms with Crippen LogP contribution in [0.15, 0.2) is 12.3 Å². The van der Waals surface area contributed by atoms with E-state index in [-0.39, 0.29) is 6.61 Å². The molecule has 0 amide bonds. The Labute approximate surface area is 115 Å². The van der Waals surface area contributed by atoms with Crippen LogP contribution < -0.4 is 10.2 Å². The van der Waals surface area contributed by atoms with Crippen LogP contribution in [-0.4, -0.2) is 35.3 Å². The van der Waals surface area contributed by atoms with E-state index in [4.69, 9.17) is 5.11 Å². The van der Waals surface area contributed by atoms with Crippen LogP contribution in [0.1, 0.15) is 37.8 Å². The fraction of sp³-hybridized carbons (Fsp3) is 0.667. The van der Waals surface area contributed by atoms with Crippen LogP contribution in [0, 0.1) is 6.92 Å². The van der Waals surface area contributed by atoms with Crippen LogP contribution in [0.2, 0.25) is 0 Å². The van der Waals surface area contributed by atoms with Gasteiger partial charge in [-0.3, -0.25) is 0 Å². The topological polar surface area (TPSA) is 48.4 Å². The SMILES string of the molecule is Cc1cc(CNC2CC2)cnc1N(CCO)C(C)C. The van der Waals surface area contributed by atoms with Crippen molar-refractivity contribution in [2.24, 2.45) is 0 Å². The first-order valence-corrected chi connectivity index (χ1v) is 7.18. The van der Waals surface area contributed by atoms with Crippen molar-refractivity contribution in [3.05, 3.63) is 23.4 Å².